The number of rotatable bonds is 6. The molecule has 1 atom stereocenters. The number of ether oxygens (including phenoxy) is 1. The lowest BCUT2D eigenvalue weighted by Crippen LogP contribution is -2.55. The van der Waals surface area contributed by atoms with Gasteiger partial charge in [-0.2, -0.15) is 0 Å². The fourth-order valence-corrected chi connectivity index (χ4v) is 2.61. The van der Waals surface area contributed by atoms with Crippen molar-refractivity contribution in [1.29, 1.82) is 0 Å². The molecule has 2 rings (SSSR count). The van der Waals surface area contributed by atoms with E-state index in [0.717, 1.165) is 13.0 Å². The summed E-state index contributed by atoms with van der Waals surface area (Å²) in [4.78, 5) is 26.0. The molecule has 1 saturated heterocycles. The van der Waals surface area contributed by atoms with Crippen molar-refractivity contribution in [3.63, 3.8) is 0 Å². The van der Waals surface area contributed by atoms with Gasteiger partial charge in [0.05, 0.1) is 13.0 Å². The number of amides is 1. The lowest BCUT2D eigenvalue weighted by atomic mass is 10.0. The third-order valence-corrected chi connectivity index (χ3v) is 3.90. The van der Waals surface area contributed by atoms with E-state index in [1.54, 1.807) is 0 Å². The van der Waals surface area contributed by atoms with E-state index in [1.807, 2.05) is 19.1 Å². The van der Waals surface area contributed by atoms with Gasteiger partial charge in [-0.3, -0.25) is 14.5 Å². The molecule has 0 aromatic heterocycles. The highest BCUT2D eigenvalue weighted by Gasteiger charge is 2.32. The van der Waals surface area contributed by atoms with Gasteiger partial charge in [0.2, 0.25) is 5.91 Å². The van der Waals surface area contributed by atoms with Crippen LogP contribution >= 0.6 is 0 Å². The zero-order valence-electron chi connectivity index (χ0n) is 13.3. The van der Waals surface area contributed by atoms with Crippen LogP contribution in [0.1, 0.15) is 30.9 Å². The summed E-state index contributed by atoms with van der Waals surface area (Å²) in [5, 5.41) is 2.84. The van der Waals surface area contributed by atoms with Crippen LogP contribution in [0.25, 0.3) is 0 Å². The van der Waals surface area contributed by atoms with Gasteiger partial charge in [0.25, 0.3) is 0 Å². The second-order valence-electron chi connectivity index (χ2n) is 5.63. The highest BCUT2D eigenvalue weighted by atomic mass is 16.5. The second kappa shape index (κ2) is 7.94. The Morgan fingerprint density at radius 1 is 1.41 bits per heavy atom. The molecule has 22 heavy (non-hydrogen) atoms. The molecule has 1 aliphatic rings. The first-order valence-corrected chi connectivity index (χ1v) is 7.83. The molecule has 1 aromatic rings. The maximum absolute atomic E-state index is 12.1. The molecular weight excluding hydrogens is 280 g/mol. The molecule has 0 unspecified atom stereocenters. The SMILES string of the molecule is CCCOC(=O)C[C@@H]1C(=O)NCCN1Cc1ccccc1C. The molecule has 0 radical (unpaired) electrons. The molecule has 5 nitrogen and oxygen atoms in total. The average Bonchev–Trinajstić information content (AvgIpc) is 2.51. The molecule has 0 aliphatic carbocycles. The van der Waals surface area contributed by atoms with Crippen molar-refractivity contribution in [1.82, 2.24) is 10.2 Å². The predicted octanol–water partition coefficient (Wildman–Crippen LogP) is 1.64. The van der Waals surface area contributed by atoms with E-state index in [4.69, 9.17) is 4.74 Å². The van der Waals surface area contributed by atoms with Crippen molar-refractivity contribution in [2.24, 2.45) is 0 Å². The van der Waals surface area contributed by atoms with Gasteiger partial charge in [-0.15, -0.1) is 0 Å². The summed E-state index contributed by atoms with van der Waals surface area (Å²) >= 11 is 0. The summed E-state index contributed by atoms with van der Waals surface area (Å²) in [6.07, 6.45) is 0.896. The zero-order valence-corrected chi connectivity index (χ0v) is 13.3. The maximum Gasteiger partial charge on any atom is 0.307 e. The van der Waals surface area contributed by atoms with Crippen LogP contribution in [0, 0.1) is 6.92 Å². The van der Waals surface area contributed by atoms with E-state index >= 15 is 0 Å². The van der Waals surface area contributed by atoms with Crippen LogP contribution in [0.4, 0.5) is 0 Å². The topological polar surface area (TPSA) is 58.6 Å². The van der Waals surface area contributed by atoms with Crippen molar-refractivity contribution in [3.8, 4) is 0 Å². The Morgan fingerprint density at radius 3 is 2.91 bits per heavy atom. The van der Waals surface area contributed by atoms with Crippen LogP contribution < -0.4 is 5.32 Å². The summed E-state index contributed by atoms with van der Waals surface area (Å²) < 4.78 is 5.12. The van der Waals surface area contributed by atoms with Crippen molar-refractivity contribution in [2.75, 3.05) is 19.7 Å². The fraction of sp³-hybridized carbons (Fsp3) is 0.529. The summed E-state index contributed by atoms with van der Waals surface area (Å²) in [6, 6.07) is 7.67. The van der Waals surface area contributed by atoms with Gasteiger partial charge in [0.15, 0.2) is 0 Å². The quantitative estimate of drug-likeness (QED) is 0.812. The average molecular weight is 304 g/mol. The maximum atomic E-state index is 12.1. The third-order valence-electron chi connectivity index (χ3n) is 3.90. The normalized spacial score (nSPS) is 18.8. The number of carbonyl (C=O) groups excluding carboxylic acids is 2. The van der Waals surface area contributed by atoms with Gasteiger partial charge in [-0.25, -0.2) is 0 Å². The molecular formula is C17H24N2O3. The molecule has 1 amide bonds. The summed E-state index contributed by atoms with van der Waals surface area (Å²) in [7, 11) is 0. The monoisotopic (exact) mass is 304 g/mol. The minimum Gasteiger partial charge on any atom is -0.466 e. The number of piperazine rings is 1. The Morgan fingerprint density at radius 2 is 2.18 bits per heavy atom. The van der Waals surface area contributed by atoms with E-state index < -0.39 is 6.04 Å². The largest absolute Gasteiger partial charge is 0.466 e. The molecule has 5 heteroatoms. The molecule has 1 N–H and O–H groups in total. The van der Waals surface area contributed by atoms with Gasteiger partial charge < -0.3 is 10.1 Å². The summed E-state index contributed by atoms with van der Waals surface area (Å²) in [5.74, 6) is -0.396. The number of benzene rings is 1. The molecule has 1 aromatic carbocycles. The van der Waals surface area contributed by atoms with Gasteiger partial charge in [0.1, 0.15) is 6.04 Å². The van der Waals surface area contributed by atoms with Crippen LogP contribution in [0.5, 0.6) is 0 Å². The third kappa shape index (κ3) is 4.31. The van der Waals surface area contributed by atoms with Crippen molar-refractivity contribution >= 4 is 11.9 Å². The molecule has 0 saturated carbocycles. The first-order valence-electron chi connectivity index (χ1n) is 7.83. The Balaban J connectivity index is 2.05. The van der Waals surface area contributed by atoms with Crippen LogP contribution in [-0.4, -0.2) is 42.5 Å². The Hall–Kier alpha value is -1.88. The Kier molecular flexibility index (Phi) is 5.95. The molecule has 1 aliphatic heterocycles. The van der Waals surface area contributed by atoms with Crippen LogP contribution in [-0.2, 0) is 20.9 Å². The van der Waals surface area contributed by atoms with Crippen molar-refractivity contribution < 1.29 is 14.3 Å². The highest BCUT2D eigenvalue weighted by molar-refractivity contribution is 5.87. The van der Waals surface area contributed by atoms with E-state index in [9.17, 15) is 9.59 Å². The first kappa shape index (κ1) is 16.5. The Bertz CT molecular complexity index is 530. The van der Waals surface area contributed by atoms with Crippen molar-refractivity contribution in [3.05, 3.63) is 35.4 Å². The van der Waals surface area contributed by atoms with Crippen LogP contribution in [0.3, 0.4) is 0 Å². The van der Waals surface area contributed by atoms with E-state index in [0.29, 0.717) is 19.7 Å². The zero-order chi connectivity index (χ0) is 15.9. The smallest absolute Gasteiger partial charge is 0.307 e. The van der Waals surface area contributed by atoms with Crippen molar-refractivity contribution in [2.45, 2.75) is 39.3 Å². The molecule has 1 fully saturated rings. The van der Waals surface area contributed by atoms with Gasteiger partial charge in [-0.05, 0) is 24.5 Å². The minimum atomic E-state index is -0.447. The van der Waals surface area contributed by atoms with Gasteiger partial charge >= 0.3 is 5.97 Å². The highest BCUT2D eigenvalue weighted by Crippen LogP contribution is 2.16. The molecule has 0 spiro atoms. The van der Waals surface area contributed by atoms with Crippen LogP contribution in [0.2, 0.25) is 0 Å². The standard InChI is InChI=1S/C17H24N2O3/c1-3-10-22-16(20)11-15-17(21)18-8-9-19(15)12-14-7-5-4-6-13(14)2/h4-7,15H,3,8-12H2,1-2H3,(H,18,21)/t15-/m1/s1. The Labute approximate surface area is 131 Å². The van der Waals surface area contributed by atoms with Gasteiger partial charge in [-0.1, -0.05) is 31.2 Å². The van der Waals surface area contributed by atoms with E-state index in [-0.39, 0.29) is 18.3 Å². The number of hydrogen-bond donors (Lipinski definition) is 1. The number of nitrogens with one attached hydrogen (secondary N) is 1. The fourth-order valence-electron chi connectivity index (χ4n) is 2.61. The van der Waals surface area contributed by atoms with Gasteiger partial charge in [0, 0.05) is 19.6 Å². The lowest BCUT2D eigenvalue weighted by Gasteiger charge is -2.34. The number of aryl methyl sites for hydroxylation is 1. The van der Waals surface area contributed by atoms with E-state index in [2.05, 4.69) is 29.3 Å². The number of nitrogens with zero attached hydrogens (tertiary/aromatic N) is 1. The summed E-state index contributed by atoms with van der Waals surface area (Å²) in [6.45, 7) is 6.45. The first-order chi connectivity index (χ1) is 10.6. The summed E-state index contributed by atoms with van der Waals surface area (Å²) in [5.41, 5.74) is 2.38. The molecule has 1 heterocycles. The van der Waals surface area contributed by atoms with E-state index in [1.165, 1.54) is 11.1 Å². The second-order valence-corrected chi connectivity index (χ2v) is 5.63. The molecule has 120 valence electrons. The minimum absolute atomic E-state index is 0.0896. The predicted molar refractivity (Wildman–Crippen MR) is 84.3 cm³/mol. The molecule has 0 bridgehead atoms. The number of carbonyl (C=O) groups is 2. The number of hydrogen-bond acceptors (Lipinski definition) is 4. The lowest BCUT2D eigenvalue weighted by molar-refractivity contribution is -0.148. The number of esters is 1. The van der Waals surface area contributed by atoms with Crippen LogP contribution in [0.15, 0.2) is 24.3 Å².